The molecule has 0 heterocycles. The Bertz CT molecular complexity index is 650. The van der Waals surface area contributed by atoms with E-state index in [1.54, 1.807) is 18.2 Å². The molecule has 0 radical (unpaired) electrons. The molecule has 0 aliphatic heterocycles. The van der Waals surface area contributed by atoms with E-state index < -0.39 is 5.97 Å². The van der Waals surface area contributed by atoms with Crippen LogP contribution in [0, 0.1) is 0 Å². The molecule has 20 heavy (non-hydrogen) atoms. The molecule has 4 nitrogen and oxygen atoms in total. The van der Waals surface area contributed by atoms with Crippen LogP contribution in [-0.2, 0) is 11.2 Å². The third kappa shape index (κ3) is 3.68. The number of carboxylic acids is 1. The summed E-state index contributed by atoms with van der Waals surface area (Å²) in [6, 6.07) is 14.4. The van der Waals surface area contributed by atoms with Gasteiger partial charge in [-0.25, -0.2) is 4.79 Å². The average Bonchev–Trinajstić information content (AvgIpc) is 2.38. The fraction of sp³-hybridized carbons (Fsp3) is 0.125. The number of amides is 1. The maximum Gasteiger partial charge on any atom is 0.335 e. The molecule has 102 valence electrons. The van der Waals surface area contributed by atoms with Crippen LogP contribution in [0.15, 0.2) is 48.5 Å². The van der Waals surface area contributed by atoms with Gasteiger partial charge in [0.2, 0.25) is 5.91 Å². The quantitative estimate of drug-likeness (QED) is 0.896. The summed E-state index contributed by atoms with van der Waals surface area (Å²) in [7, 11) is 0. The summed E-state index contributed by atoms with van der Waals surface area (Å²) in [4.78, 5) is 22.0. The van der Waals surface area contributed by atoms with Crippen LogP contribution in [0.1, 0.15) is 28.4 Å². The van der Waals surface area contributed by atoms with Crippen molar-refractivity contribution in [2.45, 2.75) is 13.3 Å². The molecule has 0 aliphatic carbocycles. The molecule has 0 saturated carbocycles. The van der Waals surface area contributed by atoms with Crippen molar-refractivity contribution >= 4 is 17.6 Å². The molecular weight excluding hydrogens is 254 g/mol. The highest BCUT2D eigenvalue weighted by Gasteiger charge is 2.04. The van der Waals surface area contributed by atoms with Crippen LogP contribution in [0.5, 0.6) is 0 Å². The van der Waals surface area contributed by atoms with E-state index >= 15 is 0 Å². The van der Waals surface area contributed by atoms with Gasteiger partial charge in [-0.05, 0) is 41.8 Å². The number of rotatable bonds is 4. The Balaban J connectivity index is 2.19. The van der Waals surface area contributed by atoms with Crippen LogP contribution < -0.4 is 5.32 Å². The number of nitrogens with one attached hydrogen (secondary N) is 1. The zero-order valence-electron chi connectivity index (χ0n) is 11.1. The predicted molar refractivity (Wildman–Crippen MR) is 77.0 cm³/mol. The van der Waals surface area contributed by atoms with Crippen molar-refractivity contribution in [2.75, 3.05) is 5.32 Å². The molecule has 1 amide bonds. The summed E-state index contributed by atoms with van der Waals surface area (Å²) in [6.07, 6.45) is 0.620. The molecule has 0 fully saturated rings. The molecule has 0 unspecified atom stereocenters. The zero-order valence-corrected chi connectivity index (χ0v) is 11.1. The smallest absolute Gasteiger partial charge is 0.335 e. The predicted octanol–water partition coefficient (Wildman–Crippen LogP) is 2.93. The molecule has 0 spiro atoms. The lowest BCUT2D eigenvalue weighted by Crippen LogP contribution is -2.05. The fourth-order valence-corrected chi connectivity index (χ4v) is 2.01. The highest BCUT2D eigenvalue weighted by Crippen LogP contribution is 2.15. The minimum atomic E-state index is -0.932. The number of anilines is 1. The Kier molecular flexibility index (Phi) is 4.15. The van der Waals surface area contributed by atoms with E-state index in [2.05, 4.69) is 5.32 Å². The lowest BCUT2D eigenvalue weighted by molar-refractivity contribution is -0.114. The molecule has 0 atom stereocenters. The van der Waals surface area contributed by atoms with Gasteiger partial charge in [0.1, 0.15) is 0 Å². The van der Waals surface area contributed by atoms with Gasteiger partial charge in [-0.2, -0.15) is 0 Å². The second kappa shape index (κ2) is 6.02. The normalized spacial score (nSPS) is 10.1. The fourth-order valence-electron chi connectivity index (χ4n) is 2.01. The summed E-state index contributed by atoms with van der Waals surface area (Å²) in [5.74, 6) is -1.05. The van der Waals surface area contributed by atoms with Crippen LogP contribution in [-0.4, -0.2) is 17.0 Å². The maximum atomic E-state index is 11.0. The maximum absolute atomic E-state index is 11.0. The first kappa shape index (κ1) is 13.8. The first-order valence-corrected chi connectivity index (χ1v) is 6.23. The van der Waals surface area contributed by atoms with Gasteiger partial charge in [-0.1, -0.05) is 24.3 Å². The topological polar surface area (TPSA) is 66.4 Å². The summed E-state index contributed by atoms with van der Waals surface area (Å²) >= 11 is 0. The van der Waals surface area contributed by atoms with Gasteiger partial charge in [-0.15, -0.1) is 0 Å². The highest BCUT2D eigenvalue weighted by atomic mass is 16.4. The Labute approximate surface area is 117 Å². The number of hydrogen-bond donors (Lipinski definition) is 2. The number of benzene rings is 2. The van der Waals surface area contributed by atoms with Gasteiger partial charge in [0, 0.05) is 12.6 Å². The molecule has 2 aromatic carbocycles. The summed E-state index contributed by atoms with van der Waals surface area (Å²) in [6.45, 7) is 1.46. The first-order valence-electron chi connectivity index (χ1n) is 6.23. The third-order valence-corrected chi connectivity index (χ3v) is 2.83. The third-order valence-electron chi connectivity index (χ3n) is 2.83. The average molecular weight is 269 g/mol. The number of hydrogen-bond acceptors (Lipinski definition) is 2. The number of aromatic carboxylic acids is 1. The Morgan fingerprint density at radius 1 is 1.05 bits per heavy atom. The van der Waals surface area contributed by atoms with Gasteiger partial charge in [0.25, 0.3) is 0 Å². The zero-order chi connectivity index (χ0) is 14.5. The lowest BCUT2D eigenvalue weighted by Gasteiger charge is -2.06. The molecule has 2 N–H and O–H groups in total. The monoisotopic (exact) mass is 269 g/mol. The SMILES string of the molecule is CC(=O)Nc1cccc(Cc2cccc(C(=O)O)c2)c1. The van der Waals surface area contributed by atoms with Crippen molar-refractivity contribution in [2.24, 2.45) is 0 Å². The van der Waals surface area contributed by atoms with E-state index in [-0.39, 0.29) is 11.5 Å². The van der Waals surface area contributed by atoms with Crippen molar-refractivity contribution in [1.29, 1.82) is 0 Å². The van der Waals surface area contributed by atoms with Crippen molar-refractivity contribution in [3.8, 4) is 0 Å². The van der Waals surface area contributed by atoms with E-state index in [4.69, 9.17) is 5.11 Å². The molecule has 2 rings (SSSR count). The van der Waals surface area contributed by atoms with Crippen molar-refractivity contribution in [3.05, 3.63) is 65.2 Å². The second-order valence-electron chi connectivity index (χ2n) is 4.56. The van der Waals surface area contributed by atoms with E-state index in [0.29, 0.717) is 6.42 Å². The molecule has 0 aliphatic rings. The van der Waals surface area contributed by atoms with Crippen LogP contribution in [0.3, 0.4) is 0 Å². The molecule has 4 heteroatoms. The Morgan fingerprint density at radius 3 is 2.35 bits per heavy atom. The van der Waals surface area contributed by atoms with Crippen molar-refractivity contribution < 1.29 is 14.7 Å². The van der Waals surface area contributed by atoms with Gasteiger partial charge in [0.05, 0.1) is 5.56 Å². The lowest BCUT2D eigenvalue weighted by atomic mass is 10.0. The molecule has 0 bridgehead atoms. The highest BCUT2D eigenvalue weighted by molar-refractivity contribution is 5.89. The Morgan fingerprint density at radius 2 is 1.70 bits per heavy atom. The van der Waals surface area contributed by atoms with E-state index in [9.17, 15) is 9.59 Å². The Hall–Kier alpha value is -2.62. The summed E-state index contributed by atoms with van der Waals surface area (Å²) < 4.78 is 0. The number of carboxylic acid groups (broad SMARTS) is 1. The number of carbonyl (C=O) groups excluding carboxylic acids is 1. The summed E-state index contributed by atoms with van der Waals surface area (Å²) in [5.41, 5.74) is 2.95. The van der Waals surface area contributed by atoms with Gasteiger partial charge in [-0.3, -0.25) is 4.79 Å². The van der Waals surface area contributed by atoms with Crippen molar-refractivity contribution in [3.63, 3.8) is 0 Å². The minimum Gasteiger partial charge on any atom is -0.478 e. The summed E-state index contributed by atoms with van der Waals surface area (Å²) in [5, 5.41) is 11.7. The van der Waals surface area contributed by atoms with Crippen LogP contribution in [0.2, 0.25) is 0 Å². The molecule has 0 aromatic heterocycles. The van der Waals surface area contributed by atoms with Crippen LogP contribution in [0.25, 0.3) is 0 Å². The first-order chi connectivity index (χ1) is 9.54. The van der Waals surface area contributed by atoms with Gasteiger partial charge in [0.15, 0.2) is 0 Å². The van der Waals surface area contributed by atoms with Gasteiger partial charge >= 0.3 is 5.97 Å². The van der Waals surface area contributed by atoms with Crippen LogP contribution >= 0.6 is 0 Å². The largest absolute Gasteiger partial charge is 0.478 e. The molecule has 0 saturated heterocycles. The number of carbonyl (C=O) groups is 2. The van der Waals surface area contributed by atoms with Crippen molar-refractivity contribution in [1.82, 2.24) is 0 Å². The molecule has 2 aromatic rings. The standard InChI is InChI=1S/C16H15NO3/c1-11(18)17-15-7-3-5-13(10-15)8-12-4-2-6-14(9-12)16(19)20/h2-7,9-10H,8H2,1H3,(H,17,18)(H,19,20). The minimum absolute atomic E-state index is 0.116. The second-order valence-corrected chi connectivity index (χ2v) is 4.56. The van der Waals surface area contributed by atoms with Gasteiger partial charge < -0.3 is 10.4 Å². The van der Waals surface area contributed by atoms with E-state index in [1.165, 1.54) is 6.92 Å². The van der Waals surface area contributed by atoms with E-state index in [0.717, 1.165) is 16.8 Å². The molecular formula is C16H15NO3. The van der Waals surface area contributed by atoms with Crippen LogP contribution in [0.4, 0.5) is 5.69 Å². The van der Waals surface area contributed by atoms with E-state index in [1.807, 2.05) is 30.3 Å².